The highest BCUT2D eigenvalue weighted by molar-refractivity contribution is 5.79. The molecule has 5 nitrogen and oxygen atoms in total. The lowest BCUT2D eigenvalue weighted by molar-refractivity contribution is 0.180. The minimum atomic E-state index is -0.593. The summed E-state index contributed by atoms with van der Waals surface area (Å²) in [5.41, 5.74) is 1.99. The number of nitrogens with one attached hydrogen (secondary N) is 1. The molecular formula is C17H22N4O. The zero-order chi connectivity index (χ0) is 15.8. The quantitative estimate of drug-likeness (QED) is 0.653. The van der Waals surface area contributed by atoms with E-state index in [9.17, 15) is 5.11 Å². The Kier molecular flexibility index (Phi) is 5.91. The summed E-state index contributed by atoms with van der Waals surface area (Å²) >= 11 is 0. The van der Waals surface area contributed by atoms with Crippen molar-refractivity contribution in [2.24, 2.45) is 4.99 Å². The van der Waals surface area contributed by atoms with Crippen molar-refractivity contribution in [1.82, 2.24) is 15.2 Å². The van der Waals surface area contributed by atoms with Crippen molar-refractivity contribution in [2.75, 3.05) is 20.6 Å². The SMILES string of the molecule is CN(C)C(=NCc1ccccc1)NCC(O)c1ccncc1. The van der Waals surface area contributed by atoms with E-state index in [1.807, 2.05) is 61.5 Å². The molecule has 0 spiro atoms. The van der Waals surface area contributed by atoms with Gasteiger partial charge in [0.05, 0.1) is 12.6 Å². The van der Waals surface area contributed by atoms with Crippen molar-refractivity contribution < 1.29 is 5.11 Å². The number of pyridine rings is 1. The molecule has 0 radical (unpaired) electrons. The van der Waals surface area contributed by atoms with Gasteiger partial charge in [0.1, 0.15) is 0 Å². The molecule has 0 bridgehead atoms. The summed E-state index contributed by atoms with van der Waals surface area (Å²) in [6, 6.07) is 13.7. The number of guanidine groups is 1. The van der Waals surface area contributed by atoms with E-state index in [-0.39, 0.29) is 0 Å². The van der Waals surface area contributed by atoms with Crippen LogP contribution in [0.4, 0.5) is 0 Å². The molecule has 116 valence electrons. The van der Waals surface area contributed by atoms with Crippen LogP contribution in [-0.4, -0.2) is 41.6 Å². The molecule has 0 fully saturated rings. The van der Waals surface area contributed by atoms with Gasteiger partial charge in [0.25, 0.3) is 0 Å². The molecular weight excluding hydrogens is 276 g/mol. The number of hydrogen-bond acceptors (Lipinski definition) is 3. The topological polar surface area (TPSA) is 60.8 Å². The van der Waals surface area contributed by atoms with Gasteiger partial charge in [-0.25, -0.2) is 4.99 Å². The molecule has 0 saturated carbocycles. The molecule has 1 atom stereocenters. The van der Waals surface area contributed by atoms with Crippen LogP contribution >= 0.6 is 0 Å². The largest absolute Gasteiger partial charge is 0.387 e. The minimum Gasteiger partial charge on any atom is -0.387 e. The zero-order valence-corrected chi connectivity index (χ0v) is 13.0. The Hall–Kier alpha value is -2.40. The number of benzene rings is 1. The third-order valence-electron chi connectivity index (χ3n) is 3.22. The molecule has 1 aromatic heterocycles. The fourth-order valence-corrected chi connectivity index (χ4v) is 2.00. The Morgan fingerprint density at radius 3 is 2.50 bits per heavy atom. The monoisotopic (exact) mass is 298 g/mol. The van der Waals surface area contributed by atoms with Crippen LogP contribution in [0.25, 0.3) is 0 Å². The van der Waals surface area contributed by atoms with Gasteiger partial charge in [-0.3, -0.25) is 4.98 Å². The Morgan fingerprint density at radius 2 is 1.86 bits per heavy atom. The van der Waals surface area contributed by atoms with Crippen LogP contribution in [0.1, 0.15) is 17.2 Å². The molecule has 0 saturated heterocycles. The molecule has 0 amide bonds. The average molecular weight is 298 g/mol. The second-order valence-corrected chi connectivity index (χ2v) is 5.20. The first-order chi connectivity index (χ1) is 10.7. The third kappa shape index (κ3) is 4.86. The van der Waals surface area contributed by atoms with Gasteiger partial charge in [-0.1, -0.05) is 30.3 Å². The molecule has 0 aliphatic heterocycles. The number of aliphatic hydroxyl groups is 1. The van der Waals surface area contributed by atoms with E-state index in [0.29, 0.717) is 13.1 Å². The van der Waals surface area contributed by atoms with Gasteiger partial charge >= 0.3 is 0 Å². The lowest BCUT2D eigenvalue weighted by Gasteiger charge is -2.20. The first-order valence-corrected chi connectivity index (χ1v) is 7.24. The smallest absolute Gasteiger partial charge is 0.193 e. The maximum atomic E-state index is 10.2. The molecule has 5 heteroatoms. The van der Waals surface area contributed by atoms with Gasteiger partial charge in [-0.2, -0.15) is 0 Å². The first kappa shape index (κ1) is 16.0. The van der Waals surface area contributed by atoms with E-state index >= 15 is 0 Å². The summed E-state index contributed by atoms with van der Waals surface area (Å²) < 4.78 is 0. The van der Waals surface area contributed by atoms with E-state index in [4.69, 9.17) is 0 Å². The highest BCUT2D eigenvalue weighted by Crippen LogP contribution is 2.09. The summed E-state index contributed by atoms with van der Waals surface area (Å²) in [6.07, 6.45) is 2.76. The van der Waals surface area contributed by atoms with Crippen LogP contribution in [0, 0.1) is 0 Å². The van der Waals surface area contributed by atoms with Crippen molar-refractivity contribution in [1.29, 1.82) is 0 Å². The van der Waals surface area contributed by atoms with Crippen LogP contribution in [0.3, 0.4) is 0 Å². The molecule has 1 heterocycles. The maximum absolute atomic E-state index is 10.2. The molecule has 1 aromatic carbocycles. The molecule has 1 unspecified atom stereocenters. The van der Waals surface area contributed by atoms with Crippen LogP contribution in [0.15, 0.2) is 59.9 Å². The standard InChI is InChI=1S/C17H22N4O/c1-21(2)17(19-12-14-6-4-3-5-7-14)20-13-16(22)15-8-10-18-11-9-15/h3-11,16,22H,12-13H2,1-2H3,(H,19,20). The van der Waals surface area contributed by atoms with Crippen LogP contribution in [0.2, 0.25) is 0 Å². The van der Waals surface area contributed by atoms with Crippen molar-refractivity contribution in [3.05, 3.63) is 66.0 Å². The minimum absolute atomic E-state index is 0.399. The number of hydrogen-bond donors (Lipinski definition) is 2. The van der Waals surface area contributed by atoms with Gasteiger partial charge in [-0.05, 0) is 23.3 Å². The number of aliphatic imine (C=N–C) groups is 1. The molecule has 0 aliphatic rings. The Balaban J connectivity index is 1.94. The summed E-state index contributed by atoms with van der Waals surface area (Å²) in [6.45, 7) is 1.00. The molecule has 2 aromatic rings. The average Bonchev–Trinajstić information content (AvgIpc) is 2.56. The fourth-order valence-electron chi connectivity index (χ4n) is 2.00. The lowest BCUT2D eigenvalue weighted by atomic mass is 10.1. The second-order valence-electron chi connectivity index (χ2n) is 5.20. The van der Waals surface area contributed by atoms with Crippen molar-refractivity contribution in [3.63, 3.8) is 0 Å². The highest BCUT2D eigenvalue weighted by atomic mass is 16.3. The van der Waals surface area contributed by atoms with E-state index in [0.717, 1.165) is 17.1 Å². The van der Waals surface area contributed by atoms with E-state index in [1.165, 1.54) is 0 Å². The van der Waals surface area contributed by atoms with Gasteiger partial charge in [0.2, 0.25) is 0 Å². The predicted octanol–water partition coefficient (Wildman–Crippen LogP) is 1.82. The third-order valence-corrected chi connectivity index (χ3v) is 3.22. The van der Waals surface area contributed by atoms with E-state index in [1.54, 1.807) is 12.4 Å². The fraction of sp³-hybridized carbons (Fsp3) is 0.294. The molecule has 0 aliphatic carbocycles. The maximum Gasteiger partial charge on any atom is 0.193 e. The summed E-state index contributed by atoms with van der Waals surface area (Å²) in [5, 5.41) is 13.4. The number of nitrogens with zero attached hydrogens (tertiary/aromatic N) is 3. The van der Waals surface area contributed by atoms with Crippen molar-refractivity contribution >= 4 is 5.96 Å². The second kappa shape index (κ2) is 8.14. The molecule has 22 heavy (non-hydrogen) atoms. The van der Waals surface area contributed by atoms with Crippen LogP contribution < -0.4 is 5.32 Å². The Morgan fingerprint density at radius 1 is 1.18 bits per heavy atom. The molecule has 2 N–H and O–H groups in total. The first-order valence-electron chi connectivity index (χ1n) is 7.24. The summed E-state index contributed by atoms with van der Waals surface area (Å²) in [4.78, 5) is 10.4. The van der Waals surface area contributed by atoms with E-state index in [2.05, 4.69) is 15.3 Å². The number of aliphatic hydroxyl groups excluding tert-OH is 1. The predicted molar refractivity (Wildman–Crippen MR) is 88.5 cm³/mol. The van der Waals surface area contributed by atoms with Gasteiger partial charge < -0.3 is 15.3 Å². The molecule has 2 rings (SSSR count). The van der Waals surface area contributed by atoms with Gasteiger partial charge in [0, 0.05) is 33.0 Å². The van der Waals surface area contributed by atoms with Gasteiger partial charge in [0.15, 0.2) is 5.96 Å². The summed E-state index contributed by atoms with van der Waals surface area (Å²) in [5.74, 6) is 0.747. The zero-order valence-electron chi connectivity index (χ0n) is 13.0. The van der Waals surface area contributed by atoms with E-state index < -0.39 is 6.10 Å². The van der Waals surface area contributed by atoms with Crippen molar-refractivity contribution in [2.45, 2.75) is 12.6 Å². The Bertz CT molecular complexity index is 584. The van der Waals surface area contributed by atoms with Gasteiger partial charge in [-0.15, -0.1) is 0 Å². The lowest BCUT2D eigenvalue weighted by Crippen LogP contribution is -2.38. The van der Waals surface area contributed by atoms with Crippen molar-refractivity contribution in [3.8, 4) is 0 Å². The Labute approximate surface area is 131 Å². The highest BCUT2D eigenvalue weighted by Gasteiger charge is 2.09. The summed E-state index contributed by atoms with van der Waals surface area (Å²) in [7, 11) is 3.85. The van der Waals surface area contributed by atoms with Crippen LogP contribution in [0.5, 0.6) is 0 Å². The number of rotatable bonds is 5. The number of aromatic nitrogens is 1. The van der Waals surface area contributed by atoms with Crippen LogP contribution in [-0.2, 0) is 6.54 Å². The normalized spacial score (nSPS) is 12.8.